The fraction of sp³-hybridized carbons (Fsp3) is 0.227. The molecule has 0 fully saturated rings. The third-order valence-corrected chi connectivity index (χ3v) is 5.91. The van der Waals surface area contributed by atoms with Gasteiger partial charge in [-0.15, -0.1) is 0 Å². The normalized spacial score (nSPS) is 22.3. The van der Waals surface area contributed by atoms with Crippen molar-refractivity contribution >= 4 is 28.4 Å². The van der Waals surface area contributed by atoms with Crippen molar-refractivity contribution in [3.8, 4) is 11.5 Å². The molecule has 4 heteroatoms. The molecule has 0 aromatic heterocycles. The van der Waals surface area contributed by atoms with Gasteiger partial charge in [0.1, 0.15) is 17.2 Å². The highest BCUT2D eigenvalue weighted by Gasteiger charge is 2.58. The second kappa shape index (κ2) is 4.79. The van der Waals surface area contributed by atoms with Crippen LogP contribution in [0.4, 0.5) is 11.4 Å². The van der Waals surface area contributed by atoms with Gasteiger partial charge < -0.3 is 14.7 Å². The largest absolute Gasteiger partial charge is 0.508 e. The summed E-state index contributed by atoms with van der Waals surface area (Å²) < 4.78 is 6.63. The van der Waals surface area contributed by atoms with Crippen LogP contribution in [0, 0.1) is 0 Å². The van der Waals surface area contributed by atoms with Crippen LogP contribution in [0.5, 0.6) is 11.5 Å². The summed E-state index contributed by atoms with van der Waals surface area (Å²) in [7, 11) is 2.02. The van der Waals surface area contributed by atoms with Crippen LogP contribution < -0.4 is 9.64 Å². The molecule has 1 N–H and O–H groups in total. The molecular weight excluding hydrogens is 324 g/mol. The zero-order valence-corrected chi connectivity index (χ0v) is 15.0. The minimum absolute atomic E-state index is 0.265. The van der Waals surface area contributed by atoms with Crippen molar-refractivity contribution in [2.45, 2.75) is 25.0 Å². The van der Waals surface area contributed by atoms with E-state index in [-0.39, 0.29) is 11.2 Å². The number of rotatable bonds is 0. The summed E-state index contributed by atoms with van der Waals surface area (Å²) in [6.07, 6.45) is 1.92. The average Bonchev–Trinajstić information content (AvgIpc) is 2.80. The van der Waals surface area contributed by atoms with Crippen LogP contribution in [-0.4, -0.2) is 24.1 Å². The first-order valence-electron chi connectivity index (χ1n) is 8.77. The Morgan fingerprint density at radius 3 is 2.69 bits per heavy atom. The Hall–Kier alpha value is -3.01. The van der Waals surface area contributed by atoms with Gasteiger partial charge in [0.15, 0.2) is 0 Å². The molecule has 1 atom stereocenters. The SMILES string of the molecule is CN1c2ccc(O)cc2C(C)(C)C12C=Nc1c(ccc3ccccc13)O2. The summed E-state index contributed by atoms with van der Waals surface area (Å²) in [6.45, 7) is 4.26. The van der Waals surface area contributed by atoms with E-state index in [1.807, 2.05) is 43.6 Å². The summed E-state index contributed by atoms with van der Waals surface area (Å²) in [5.74, 6) is 1.05. The van der Waals surface area contributed by atoms with Crippen LogP contribution in [0.3, 0.4) is 0 Å². The second-order valence-corrected chi connectivity index (χ2v) is 7.58. The molecular formula is C22H20N2O2. The van der Waals surface area contributed by atoms with Gasteiger partial charge in [-0.25, -0.2) is 0 Å². The van der Waals surface area contributed by atoms with E-state index in [0.717, 1.165) is 33.5 Å². The Labute approximate surface area is 152 Å². The number of nitrogens with zero attached hydrogens (tertiary/aromatic N) is 2. The summed E-state index contributed by atoms with van der Waals surface area (Å²) >= 11 is 0. The summed E-state index contributed by atoms with van der Waals surface area (Å²) in [5.41, 5.74) is 1.84. The van der Waals surface area contributed by atoms with Crippen molar-refractivity contribution in [1.82, 2.24) is 0 Å². The van der Waals surface area contributed by atoms with Crippen LogP contribution in [0.15, 0.2) is 59.6 Å². The zero-order chi connectivity index (χ0) is 18.1. The molecule has 0 bridgehead atoms. The van der Waals surface area contributed by atoms with Crippen LogP contribution in [-0.2, 0) is 5.41 Å². The number of hydrogen-bond donors (Lipinski definition) is 1. The minimum atomic E-state index is -0.738. The van der Waals surface area contributed by atoms with Gasteiger partial charge in [0, 0.05) is 18.1 Å². The van der Waals surface area contributed by atoms with Crippen molar-refractivity contribution in [2.24, 2.45) is 4.99 Å². The molecule has 0 radical (unpaired) electrons. The highest BCUT2D eigenvalue weighted by atomic mass is 16.5. The molecule has 130 valence electrons. The van der Waals surface area contributed by atoms with Gasteiger partial charge in [0.2, 0.25) is 5.72 Å². The molecule has 0 saturated heterocycles. The monoisotopic (exact) mass is 344 g/mol. The van der Waals surface area contributed by atoms with Gasteiger partial charge in [-0.2, -0.15) is 0 Å². The fourth-order valence-electron chi connectivity index (χ4n) is 4.35. The Morgan fingerprint density at radius 1 is 1.04 bits per heavy atom. The number of benzene rings is 3. The Morgan fingerprint density at radius 2 is 1.85 bits per heavy atom. The van der Waals surface area contributed by atoms with E-state index in [1.54, 1.807) is 6.07 Å². The molecule has 2 aliphatic rings. The molecule has 4 nitrogen and oxygen atoms in total. The van der Waals surface area contributed by atoms with Crippen LogP contribution >= 0.6 is 0 Å². The Balaban J connectivity index is 1.71. The first-order chi connectivity index (χ1) is 12.4. The summed E-state index contributed by atoms with van der Waals surface area (Å²) in [6, 6.07) is 17.8. The van der Waals surface area contributed by atoms with Gasteiger partial charge in [0.25, 0.3) is 0 Å². The molecule has 5 rings (SSSR count). The number of hydrogen-bond acceptors (Lipinski definition) is 4. The van der Waals surface area contributed by atoms with E-state index in [9.17, 15) is 5.11 Å². The quantitative estimate of drug-likeness (QED) is 0.639. The number of phenolic OH excluding ortho intramolecular Hbond substituents is 1. The molecule has 1 unspecified atom stereocenters. The average molecular weight is 344 g/mol. The van der Waals surface area contributed by atoms with Gasteiger partial charge in [0.05, 0.1) is 11.6 Å². The maximum Gasteiger partial charge on any atom is 0.228 e. The highest BCUT2D eigenvalue weighted by Crippen LogP contribution is 2.54. The third kappa shape index (κ3) is 1.71. The van der Waals surface area contributed by atoms with E-state index < -0.39 is 5.72 Å². The molecule has 0 aliphatic carbocycles. The zero-order valence-electron chi connectivity index (χ0n) is 15.0. The lowest BCUT2D eigenvalue weighted by Crippen LogP contribution is -2.61. The Bertz CT molecular complexity index is 1090. The fourth-order valence-corrected chi connectivity index (χ4v) is 4.35. The highest BCUT2D eigenvalue weighted by molar-refractivity contribution is 5.99. The number of phenols is 1. The van der Waals surface area contributed by atoms with Crippen molar-refractivity contribution in [2.75, 3.05) is 11.9 Å². The topological polar surface area (TPSA) is 45.1 Å². The lowest BCUT2D eigenvalue weighted by atomic mass is 9.77. The van der Waals surface area contributed by atoms with Crippen molar-refractivity contribution in [3.63, 3.8) is 0 Å². The van der Waals surface area contributed by atoms with E-state index in [1.165, 1.54) is 0 Å². The first-order valence-corrected chi connectivity index (χ1v) is 8.77. The number of likely N-dealkylation sites (N-methyl/N-ethyl adjacent to an activating group) is 1. The van der Waals surface area contributed by atoms with E-state index in [4.69, 9.17) is 9.73 Å². The number of ether oxygens (including phenoxy) is 1. The van der Waals surface area contributed by atoms with E-state index in [0.29, 0.717) is 0 Å². The van der Waals surface area contributed by atoms with Gasteiger partial charge in [-0.05, 0) is 49.1 Å². The van der Waals surface area contributed by atoms with E-state index >= 15 is 0 Å². The van der Waals surface area contributed by atoms with Crippen molar-refractivity contribution in [3.05, 3.63) is 60.2 Å². The molecule has 2 aliphatic heterocycles. The van der Waals surface area contributed by atoms with Crippen molar-refractivity contribution in [1.29, 1.82) is 0 Å². The predicted octanol–water partition coefficient (Wildman–Crippen LogP) is 4.76. The molecule has 3 aromatic rings. The molecule has 0 saturated carbocycles. The summed E-state index contributed by atoms with van der Waals surface area (Å²) in [4.78, 5) is 6.97. The lowest BCUT2D eigenvalue weighted by molar-refractivity contribution is 0.0826. The number of anilines is 1. The first kappa shape index (κ1) is 15.3. The van der Waals surface area contributed by atoms with Crippen molar-refractivity contribution < 1.29 is 9.84 Å². The number of aliphatic imine (C=N–C) groups is 1. The standard InChI is InChI=1S/C22H20N2O2/c1-21(2)17-12-15(25)9-10-18(17)24(3)22(21)13-23-20-16-7-5-4-6-14(16)8-11-19(20)26-22/h4-13,25H,1-3H3. The molecule has 3 aromatic carbocycles. The van der Waals surface area contributed by atoms with E-state index in [2.05, 4.69) is 36.9 Å². The minimum Gasteiger partial charge on any atom is -0.508 e. The smallest absolute Gasteiger partial charge is 0.228 e. The number of aromatic hydroxyl groups is 1. The molecule has 1 spiro atoms. The Kier molecular flexibility index (Phi) is 2.81. The third-order valence-electron chi connectivity index (χ3n) is 5.91. The second-order valence-electron chi connectivity index (χ2n) is 7.58. The van der Waals surface area contributed by atoms with Crippen LogP contribution in [0.25, 0.3) is 10.8 Å². The molecule has 26 heavy (non-hydrogen) atoms. The lowest BCUT2D eigenvalue weighted by Gasteiger charge is -2.44. The van der Waals surface area contributed by atoms with Gasteiger partial charge in [-0.3, -0.25) is 4.99 Å². The predicted molar refractivity (Wildman–Crippen MR) is 105 cm³/mol. The van der Waals surface area contributed by atoms with Crippen LogP contribution in [0.1, 0.15) is 19.4 Å². The van der Waals surface area contributed by atoms with Gasteiger partial charge in [-0.1, -0.05) is 30.3 Å². The molecule has 2 heterocycles. The molecule has 0 amide bonds. The summed E-state index contributed by atoms with van der Waals surface area (Å²) in [5, 5.41) is 12.2. The van der Waals surface area contributed by atoms with Crippen LogP contribution in [0.2, 0.25) is 0 Å². The van der Waals surface area contributed by atoms with Gasteiger partial charge >= 0.3 is 0 Å². The maximum atomic E-state index is 9.98. The number of fused-ring (bicyclic) bond motifs is 4. The maximum absolute atomic E-state index is 9.98.